The Kier molecular flexibility index (Phi) is 5.80. The van der Waals surface area contributed by atoms with Gasteiger partial charge in [-0.15, -0.1) is 0 Å². The minimum atomic E-state index is 0.365. The Bertz CT molecular complexity index is 573. The van der Waals surface area contributed by atoms with E-state index in [2.05, 4.69) is 50.3 Å². The molecule has 0 N–H and O–H groups in total. The third-order valence-corrected chi connectivity index (χ3v) is 11.0. The molecule has 0 bridgehead atoms. The van der Waals surface area contributed by atoms with E-state index in [9.17, 15) is 4.79 Å². The number of Topliss-reactive ketones (excluding diaryl/α,β-unsaturated/α-hetero) is 1. The predicted molar refractivity (Wildman–Crippen MR) is 122 cm³/mol. The highest BCUT2D eigenvalue weighted by atomic mass is 127. The van der Waals surface area contributed by atoms with Crippen LogP contribution in [0.4, 0.5) is 0 Å². The number of hydrogen-bond donors (Lipinski definition) is 0. The van der Waals surface area contributed by atoms with Gasteiger partial charge in [0.05, 0.1) is 0 Å². The van der Waals surface area contributed by atoms with Gasteiger partial charge >= 0.3 is 0 Å². The summed E-state index contributed by atoms with van der Waals surface area (Å²) in [5, 5.41) is 0. The van der Waals surface area contributed by atoms with Gasteiger partial charge in [-0.05, 0) is 96.2 Å². The Morgan fingerprint density at radius 3 is 2.44 bits per heavy atom. The molecule has 1 nitrogen and oxygen atoms in total. The van der Waals surface area contributed by atoms with Crippen molar-refractivity contribution in [3.8, 4) is 0 Å². The quantitative estimate of drug-likeness (QED) is 0.302. The lowest BCUT2D eigenvalue weighted by molar-refractivity contribution is -0.168. The standard InChI is InChI=1S/C25H41IO/c1-5-17-19-8-6-7-13-24(19,3)21-11-14-25(4)18(16(2)12-15-26)9-10-20(25)22(21)23(17)27/h16-22H,5-15H2,1-4H3/t16-,17-,18?,19?,20?,21?,22?,24+,25-/m1/s1. The average Bonchev–Trinajstić information content (AvgIpc) is 3.00. The number of carbonyl (C=O) groups excluding carboxylic acids is 1. The maximum absolute atomic E-state index is 13.9. The maximum Gasteiger partial charge on any atom is 0.139 e. The van der Waals surface area contributed by atoms with Crippen LogP contribution < -0.4 is 0 Å². The summed E-state index contributed by atoms with van der Waals surface area (Å²) in [5.41, 5.74) is 0.878. The van der Waals surface area contributed by atoms with E-state index < -0.39 is 0 Å². The number of carbonyl (C=O) groups is 1. The molecular formula is C25H41IO. The molecule has 0 aromatic carbocycles. The van der Waals surface area contributed by atoms with E-state index in [4.69, 9.17) is 0 Å². The molecule has 0 radical (unpaired) electrons. The van der Waals surface area contributed by atoms with Gasteiger partial charge in [-0.2, -0.15) is 0 Å². The van der Waals surface area contributed by atoms with E-state index in [1.54, 1.807) is 0 Å². The monoisotopic (exact) mass is 484 g/mol. The summed E-state index contributed by atoms with van der Waals surface area (Å²) in [7, 11) is 0. The molecule has 0 aromatic heterocycles. The molecule has 2 heteroatoms. The van der Waals surface area contributed by atoms with Crippen LogP contribution in [0.1, 0.15) is 91.9 Å². The van der Waals surface area contributed by atoms with Crippen molar-refractivity contribution >= 4 is 28.4 Å². The summed E-state index contributed by atoms with van der Waals surface area (Å²) < 4.78 is 1.28. The lowest BCUT2D eigenvalue weighted by Gasteiger charge is -2.62. The molecule has 154 valence electrons. The molecule has 4 rings (SSSR count). The van der Waals surface area contributed by atoms with Crippen molar-refractivity contribution in [2.45, 2.75) is 91.9 Å². The van der Waals surface area contributed by atoms with E-state index >= 15 is 0 Å². The van der Waals surface area contributed by atoms with Gasteiger partial charge in [0, 0.05) is 11.8 Å². The number of hydrogen-bond acceptors (Lipinski definition) is 1. The molecular weight excluding hydrogens is 443 g/mol. The maximum atomic E-state index is 13.9. The Morgan fingerprint density at radius 2 is 1.74 bits per heavy atom. The lowest BCUT2D eigenvalue weighted by Crippen LogP contribution is -2.59. The summed E-state index contributed by atoms with van der Waals surface area (Å²) in [5.74, 6) is 5.20. The summed E-state index contributed by atoms with van der Waals surface area (Å²) in [6.07, 6.45) is 13.3. The van der Waals surface area contributed by atoms with Crippen LogP contribution in [0.3, 0.4) is 0 Å². The van der Waals surface area contributed by atoms with Gasteiger partial charge in [0.25, 0.3) is 0 Å². The van der Waals surface area contributed by atoms with E-state index in [1.165, 1.54) is 62.2 Å². The smallest absolute Gasteiger partial charge is 0.139 e. The van der Waals surface area contributed by atoms with Crippen molar-refractivity contribution < 1.29 is 4.79 Å². The second-order valence-corrected chi connectivity index (χ2v) is 12.3. The Morgan fingerprint density at radius 1 is 1.00 bits per heavy atom. The summed E-state index contributed by atoms with van der Waals surface area (Å²) in [6, 6.07) is 0. The Hall–Kier alpha value is 0.400. The van der Waals surface area contributed by atoms with Crippen LogP contribution in [0.15, 0.2) is 0 Å². The number of halogens is 1. The van der Waals surface area contributed by atoms with E-state index in [0.717, 1.165) is 18.3 Å². The zero-order chi connectivity index (χ0) is 19.4. The van der Waals surface area contributed by atoms with Gasteiger partial charge in [0.2, 0.25) is 0 Å². The van der Waals surface area contributed by atoms with Crippen LogP contribution in [0.2, 0.25) is 0 Å². The fourth-order valence-corrected chi connectivity index (χ4v) is 10.0. The molecule has 0 aliphatic heterocycles. The molecule has 4 fully saturated rings. The first-order chi connectivity index (χ1) is 12.9. The number of ketones is 1. The highest BCUT2D eigenvalue weighted by Crippen LogP contribution is 2.68. The van der Waals surface area contributed by atoms with Gasteiger partial charge in [-0.25, -0.2) is 0 Å². The third-order valence-electron chi connectivity index (χ3n) is 10.4. The third kappa shape index (κ3) is 3.00. The highest BCUT2D eigenvalue weighted by molar-refractivity contribution is 14.1. The number of rotatable bonds is 4. The number of fused-ring (bicyclic) bond motifs is 5. The SMILES string of the molecule is CC[C@H]1C(=O)C2C3CCC([C@H](C)CCI)[C@@]3(C)CCC2[C@@]2(C)CCCCC12. The van der Waals surface area contributed by atoms with E-state index in [0.29, 0.717) is 46.2 Å². The van der Waals surface area contributed by atoms with Crippen molar-refractivity contribution in [3.63, 3.8) is 0 Å². The average molecular weight is 485 g/mol. The number of alkyl halides is 1. The second kappa shape index (κ2) is 7.58. The van der Waals surface area contributed by atoms with Crippen molar-refractivity contribution in [1.82, 2.24) is 0 Å². The molecule has 0 heterocycles. The van der Waals surface area contributed by atoms with Gasteiger partial charge in [-0.1, -0.05) is 63.1 Å². The normalized spacial score (nSPS) is 50.6. The van der Waals surface area contributed by atoms with Gasteiger partial charge in [0.1, 0.15) is 5.78 Å². The molecule has 27 heavy (non-hydrogen) atoms. The zero-order valence-electron chi connectivity index (χ0n) is 18.1. The van der Waals surface area contributed by atoms with Gasteiger partial charge < -0.3 is 0 Å². The van der Waals surface area contributed by atoms with Gasteiger partial charge in [0.15, 0.2) is 0 Å². The summed E-state index contributed by atoms with van der Waals surface area (Å²) in [6.45, 7) is 10.00. The lowest BCUT2D eigenvalue weighted by atomic mass is 9.42. The van der Waals surface area contributed by atoms with E-state index in [1.807, 2.05) is 0 Å². The topological polar surface area (TPSA) is 17.1 Å². The molecule has 4 saturated carbocycles. The van der Waals surface area contributed by atoms with Crippen molar-refractivity contribution in [2.75, 3.05) is 4.43 Å². The molecule has 0 aromatic rings. The summed E-state index contributed by atoms with van der Waals surface area (Å²) in [4.78, 5) is 13.9. The summed E-state index contributed by atoms with van der Waals surface area (Å²) >= 11 is 2.55. The van der Waals surface area contributed by atoms with Crippen LogP contribution in [0.5, 0.6) is 0 Å². The molecule has 0 spiro atoms. The van der Waals surface area contributed by atoms with Crippen LogP contribution in [0.25, 0.3) is 0 Å². The zero-order valence-corrected chi connectivity index (χ0v) is 20.3. The van der Waals surface area contributed by atoms with Crippen molar-refractivity contribution in [1.29, 1.82) is 0 Å². The van der Waals surface area contributed by atoms with E-state index in [-0.39, 0.29) is 0 Å². The van der Waals surface area contributed by atoms with Crippen LogP contribution >= 0.6 is 22.6 Å². The first-order valence-corrected chi connectivity index (χ1v) is 13.5. The molecule has 5 unspecified atom stereocenters. The predicted octanol–water partition coefficient (Wildman–Crippen LogP) is 7.31. The molecule has 4 aliphatic carbocycles. The van der Waals surface area contributed by atoms with Crippen molar-refractivity contribution in [2.24, 2.45) is 52.3 Å². The fraction of sp³-hybridized carbons (Fsp3) is 0.960. The Labute approximate surface area is 181 Å². The van der Waals surface area contributed by atoms with Crippen LogP contribution in [0, 0.1) is 52.3 Å². The first-order valence-electron chi connectivity index (χ1n) is 12.0. The fourth-order valence-electron chi connectivity index (χ4n) is 9.06. The largest absolute Gasteiger partial charge is 0.299 e. The molecule has 4 aliphatic rings. The molecule has 0 amide bonds. The second-order valence-electron chi connectivity index (χ2n) is 11.2. The van der Waals surface area contributed by atoms with Crippen LogP contribution in [-0.4, -0.2) is 10.2 Å². The molecule has 9 atom stereocenters. The van der Waals surface area contributed by atoms with Gasteiger partial charge in [-0.3, -0.25) is 4.79 Å². The molecule has 0 saturated heterocycles. The Balaban J connectivity index is 1.68. The minimum Gasteiger partial charge on any atom is -0.299 e. The minimum absolute atomic E-state index is 0.365. The van der Waals surface area contributed by atoms with Crippen LogP contribution in [-0.2, 0) is 4.79 Å². The first kappa shape index (κ1) is 20.7. The van der Waals surface area contributed by atoms with Crippen molar-refractivity contribution in [3.05, 3.63) is 0 Å². The highest BCUT2D eigenvalue weighted by Gasteiger charge is 2.64.